The molecule has 0 saturated heterocycles. The summed E-state index contributed by atoms with van der Waals surface area (Å²) in [4.78, 5) is 0. The minimum absolute atomic E-state index is 0.104. The number of aryl methyl sites for hydroxylation is 1. The van der Waals surface area contributed by atoms with E-state index < -0.39 is 16.8 Å². The van der Waals surface area contributed by atoms with Gasteiger partial charge in [0.15, 0.2) is 0 Å². The lowest BCUT2D eigenvalue weighted by atomic mass is 10.1. The van der Waals surface area contributed by atoms with Gasteiger partial charge in [0, 0.05) is 12.6 Å². The minimum Gasteiger partial charge on any atom is -0.330 e. The van der Waals surface area contributed by atoms with Crippen molar-refractivity contribution in [2.75, 3.05) is 10.8 Å². The van der Waals surface area contributed by atoms with E-state index in [2.05, 4.69) is 0 Å². The Labute approximate surface area is 155 Å². The number of anilines is 2. The molecule has 5 nitrogen and oxygen atoms in total. The van der Waals surface area contributed by atoms with E-state index in [0.29, 0.717) is 18.8 Å². The third-order valence-electron chi connectivity index (χ3n) is 4.74. The van der Waals surface area contributed by atoms with Crippen LogP contribution in [-0.4, -0.2) is 26.0 Å². The van der Waals surface area contributed by atoms with Gasteiger partial charge in [0.25, 0.3) is 0 Å². The van der Waals surface area contributed by atoms with Crippen molar-refractivity contribution in [2.24, 2.45) is 5.73 Å². The van der Waals surface area contributed by atoms with Gasteiger partial charge in [-0.05, 0) is 73.5 Å². The highest BCUT2D eigenvalue weighted by Crippen LogP contribution is 2.60. The van der Waals surface area contributed by atoms with Gasteiger partial charge >= 0.3 is 0 Å². The molecule has 4 N–H and O–H groups in total. The Bertz CT molecular complexity index is 787. The molecule has 0 aliphatic carbocycles. The lowest BCUT2D eigenvalue weighted by Crippen LogP contribution is -2.45. The summed E-state index contributed by atoms with van der Waals surface area (Å²) in [7, 11) is -3.41. The SMILES string of the molecule is Cc1ccc(N2c3ccccc3CN(C(C)CCCN)S2(O)O)c(F)c1. The fourth-order valence-corrected chi connectivity index (χ4v) is 5.29. The molecule has 0 spiro atoms. The van der Waals surface area contributed by atoms with Gasteiger partial charge < -0.3 is 5.73 Å². The number of nitrogens with zero attached hydrogens (tertiary/aromatic N) is 2. The van der Waals surface area contributed by atoms with Crippen LogP contribution in [0.2, 0.25) is 0 Å². The van der Waals surface area contributed by atoms with E-state index in [1.807, 2.05) is 25.1 Å². The van der Waals surface area contributed by atoms with Crippen LogP contribution in [0.5, 0.6) is 0 Å². The first-order valence-electron chi connectivity index (χ1n) is 8.75. The Kier molecular flexibility index (Phi) is 5.55. The number of nitrogens with two attached hydrogens (primary N) is 1. The highest BCUT2D eigenvalue weighted by atomic mass is 32.3. The second kappa shape index (κ2) is 7.54. The van der Waals surface area contributed by atoms with Gasteiger partial charge in [0.2, 0.25) is 0 Å². The molecule has 0 fully saturated rings. The molecular weight excluding hydrogens is 353 g/mol. The number of hydrogen-bond donors (Lipinski definition) is 3. The highest BCUT2D eigenvalue weighted by Gasteiger charge is 2.41. The van der Waals surface area contributed by atoms with Crippen molar-refractivity contribution in [1.29, 1.82) is 0 Å². The Morgan fingerprint density at radius 2 is 1.92 bits per heavy atom. The normalized spacial score (nSPS) is 19.1. The summed E-state index contributed by atoms with van der Waals surface area (Å²) in [5.41, 5.74) is 8.10. The Morgan fingerprint density at radius 1 is 1.19 bits per heavy atom. The van der Waals surface area contributed by atoms with Crippen molar-refractivity contribution in [3.05, 3.63) is 59.4 Å². The van der Waals surface area contributed by atoms with E-state index in [1.54, 1.807) is 29.4 Å². The molecule has 3 rings (SSSR count). The fourth-order valence-electron chi connectivity index (χ4n) is 3.33. The molecule has 142 valence electrons. The molecule has 2 aromatic carbocycles. The predicted molar refractivity (Wildman–Crippen MR) is 106 cm³/mol. The quantitative estimate of drug-likeness (QED) is 0.696. The van der Waals surface area contributed by atoms with Crippen molar-refractivity contribution < 1.29 is 13.5 Å². The number of hydrogen-bond acceptors (Lipinski definition) is 5. The predicted octanol–water partition coefficient (Wildman–Crippen LogP) is 4.80. The van der Waals surface area contributed by atoms with Crippen LogP contribution in [0.4, 0.5) is 15.8 Å². The second-order valence-electron chi connectivity index (χ2n) is 6.72. The molecule has 1 atom stereocenters. The Hall–Kier alpha value is -1.64. The maximum Gasteiger partial charge on any atom is 0.148 e. The standard InChI is InChI=1S/C19H26FN3O2S/c1-14-9-10-19(17(20)12-14)23-18-8-4-3-7-16(18)13-22(26(23,24)25)15(2)6-5-11-21/h3-4,7-10,12,15,24-25H,5-6,11,13,21H2,1-2H3. The molecular formula is C19H26FN3O2S. The first kappa shape index (κ1) is 19.1. The third-order valence-corrected chi connectivity index (χ3v) is 6.74. The molecule has 0 saturated carbocycles. The van der Waals surface area contributed by atoms with Crippen LogP contribution in [0.25, 0.3) is 0 Å². The molecule has 2 aromatic rings. The van der Waals surface area contributed by atoms with Crippen LogP contribution in [0, 0.1) is 12.7 Å². The Balaban J connectivity index is 2.10. The molecule has 0 amide bonds. The number of rotatable bonds is 5. The summed E-state index contributed by atoms with van der Waals surface area (Å²) >= 11 is 0. The lowest BCUT2D eigenvalue weighted by molar-refractivity contribution is 0.269. The molecule has 0 radical (unpaired) electrons. The van der Waals surface area contributed by atoms with E-state index >= 15 is 0 Å². The van der Waals surface area contributed by atoms with Crippen LogP contribution < -0.4 is 10.0 Å². The van der Waals surface area contributed by atoms with Gasteiger partial charge in [0.1, 0.15) is 5.82 Å². The highest BCUT2D eigenvalue weighted by molar-refractivity contribution is 8.23. The van der Waals surface area contributed by atoms with Crippen LogP contribution in [0.15, 0.2) is 42.5 Å². The average Bonchev–Trinajstić information content (AvgIpc) is 2.60. The number of para-hydroxylation sites is 1. The molecule has 0 bridgehead atoms. The van der Waals surface area contributed by atoms with Crippen LogP contribution >= 0.6 is 11.0 Å². The molecule has 1 aliphatic rings. The van der Waals surface area contributed by atoms with Gasteiger partial charge in [-0.2, -0.15) is 4.31 Å². The molecule has 7 heteroatoms. The number of halogens is 1. The van der Waals surface area contributed by atoms with Gasteiger partial charge in [0.05, 0.1) is 11.4 Å². The van der Waals surface area contributed by atoms with Crippen molar-refractivity contribution in [3.63, 3.8) is 0 Å². The zero-order valence-corrected chi connectivity index (χ0v) is 15.9. The lowest BCUT2D eigenvalue weighted by Gasteiger charge is -2.55. The first-order chi connectivity index (χ1) is 12.4. The number of benzene rings is 2. The smallest absolute Gasteiger partial charge is 0.148 e. The van der Waals surface area contributed by atoms with Crippen molar-refractivity contribution in [3.8, 4) is 0 Å². The molecule has 26 heavy (non-hydrogen) atoms. The zero-order chi connectivity index (χ0) is 18.9. The van der Waals surface area contributed by atoms with Crippen LogP contribution in [0.3, 0.4) is 0 Å². The van der Waals surface area contributed by atoms with E-state index in [4.69, 9.17) is 5.73 Å². The van der Waals surface area contributed by atoms with E-state index in [1.165, 1.54) is 10.4 Å². The van der Waals surface area contributed by atoms with Gasteiger partial charge in [-0.1, -0.05) is 24.3 Å². The molecule has 1 aliphatic heterocycles. The second-order valence-corrected chi connectivity index (χ2v) is 8.54. The zero-order valence-electron chi connectivity index (χ0n) is 15.1. The summed E-state index contributed by atoms with van der Waals surface area (Å²) in [5.74, 6) is -0.476. The maximum atomic E-state index is 14.7. The van der Waals surface area contributed by atoms with Crippen LogP contribution in [-0.2, 0) is 6.54 Å². The molecule has 0 aromatic heterocycles. The van der Waals surface area contributed by atoms with Crippen molar-refractivity contribution in [1.82, 2.24) is 4.31 Å². The largest absolute Gasteiger partial charge is 0.330 e. The van der Waals surface area contributed by atoms with Gasteiger partial charge in [-0.15, -0.1) is 0 Å². The Morgan fingerprint density at radius 3 is 2.62 bits per heavy atom. The van der Waals surface area contributed by atoms with E-state index in [9.17, 15) is 13.5 Å². The molecule has 1 unspecified atom stereocenters. The van der Waals surface area contributed by atoms with Crippen molar-refractivity contribution >= 4 is 22.3 Å². The van der Waals surface area contributed by atoms with Crippen molar-refractivity contribution in [2.45, 2.75) is 39.3 Å². The maximum absolute atomic E-state index is 14.7. The first-order valence-corrected chi connectivity index (χ1v) is 10.2. The summed E-state index contributed by atoms with van der Waals surface area (Å²) in [5, 5.41) is 0. The fraction of sp³-hybridized carbons (Fsp3) is 0.368. The topological polar surface area (TPSA) is 73.0 Å². The molecule has 1 heterocycles. The third kappa shape index (κ3) is 3.45. The summed E-state index contributed by atoms with van der Waals surface area (Å²) < 4.78 is 40.0. The monoisotopic (exact) mass is 379 g/mol. The minimum atomic E-state index is -3.41. The number of fused-ring (bicyclic) bond motifs is 1. The summed E-state index contributed by atoms with van der Waals surface area (Å²) in [6.45, 7) is 4.69. The van der Waals surface area contributed by atoms with Crippen LogP contribution in [0.1, 0.15) is 30.9 Å². The average molecular weight is 380 g/mol. The van der Waals surface area contributed by atoms with E-state index in [-0.39, 0.29) is 11.7 Å². The summed E-state index contributed by atoms with van der Waals surface area (Å²) in [6, 6.07) is 12.1. The van der Waals surface area contributed by atoms with E-state index in [0.717, 1.165) is 24.0 Å². The van der Waals surface area contributed by atoms with Gasteiger partial charge in [-0.25, -0.2) is 8.70 Å². The van der Waals surface area contributed by atoms with Gasteiger partial charge in [-0.3, -0.25) is 9.11 Å². The summed E-state index contributed by atoms with van der Waals surface area (Å²) in [6.07, 6.45) is 1.52.